The van der Waals surface area contributed by atoms with Crippen LogP contribution in [0.5, 0.6) is 0 Å². The Balaban J connectivity index is 2.80. The van der Waals surface area contributed by atoms with E-state index in [0.29, 0.717) is 18.0 Å². The third-order valence-corrected chi connectivity index (χ3v) is 4.40. The Morgan fingerprint density at radius 1 is 1.29 bits per heavy atom. The van der Waals surface area contributed by atoms with Gasteiger partial charge in [0.25, 0.3) is 0 Å². The van der Waals surface area contributed by atoms with Crippen LogP contribution in [0, 0.1) is 0 Å². The van der Waals surface area contributed by atoms with Crippen LogP contribution in [0.2, 0.25) is 0 Å². The SMILES string of the molecule is CNCc1cc(S(=O)(=O)NCCOC(C)C)cn1C(C)C. The Bertz CT molecular complexity index is 536. The molecule has 0 amide bonds. The van der Waals surface area contributed by atoms with Crippen molar-refractivity contribution in [2.45, 2.75) is 51.3 Å². The highest BCUT2D eigenvalue weighted by atomic mass is 32.2. The highest BCUT2D eigenvalue weighted by molar-refractivity contribution is 7.89. The smallest absolute Gasteiger partial charge is 0.242 e. The monoisotopic (exact) mass is 317 g/mol. The fourth-order valence-electron chi connectivity index (χ4n) is 2.00. The molecular weight excluding hydrogens is 290 g/mol. The standard InChI is InChI=1S/C14H27N3O3S/c1-11(2)17-10-14(8-13(17)9-15-5)21(18,19)16-6-7-20-12(3)4/h8,10-12,15-16H,6-7,9H2,1-5H3. The number of aromatic nitrogens is 1. The van der Waals surface area contributed by atoms with E-state index in [0.717, 1.165) is 5.69 Å². The lowest BCUT2D eigenvalue weighted by molar-refractivity contribution is 0.0834. The molecule has 1 heterocycles. The molecule has 1 rings (SSSR count). The summed E-state index contributed by atoms with van der Waals surface area (Å²) in [5.74, 6) is 0. The van der Waals surface area contributed by atoms with Crippen LogP contribution in [0.15, 0.2) is 17.2 Å². The molecule has 6 nitrogen and oxygen atoms in total. The zero-order valence-corrected chi connectivity index (χ0v) is 14.3. The molecule has 0 atom stereocenters. The van der Waals surface area contributed by atoms with E-state index in [-0.39, 0.29) is 18.7 Å². The molecule has 0 aromatic carbocycles. The number of ether oxygens (including phenoxy) is 1. The summed E-state index contributed by atoms with van der Waals surface area (Å²) in [6.45, 7) is 9.16. The minimum absolute atomic E-state index is 0.0961. The van der Waals surface area contributed by atoms with Crippen molar-refractivity contribution in [3.63, 3.8) is 0 Å². The van der Waals surface area contributed by atoms with Crippen molar-refractivity contribution in [2.24, 2.45) is 0 Å². The van der Waals surface area contributed by atoms with Gasteiger partial charge < -0.3 is 14.6 Å². The van der Waals surface area contributed by atoms with Gasteiger partial charge in [-0.05, 0) is 40.8 Å². The number of hydrogen-bond acceptors (Lipinski definition) is 4. The maximum atomic E-state index is 12.3. The summed E-state index contributed by atoms with van der Waals surface area (Å²) in [5, 5.41) is 3.05. The summed E-state index contributed by atoms with van der Waals surface area (Å²) >= 11 is 0. The lowest BCUT2D eigenvalue weighted by Gasteiger charge is -2.12. The van der Waals surface area contributed by atoms with Crippen LogP contribution in [-0.2, 0) is 21.3 Å². The van der Waals surface area contributed by atoms with E-state index in [1.165, 1.54) is 0 Å². The molecule has 0 spiro atoms. The first kappa shape index (κ1) is 18.2. The summed E-state index contributed by atoms with van der Waals surface area (Å²) in [5.41, 5.74) is 0.950. The third kappa shape index (κ3) is 5.43. The molecule has 0 aliphatic heterocycles. The second kappa shape index (κ2) is 7.93. The fraction of sp³-hybridized carbons (Fsp3) is 0.714. The van der Waals surface area contributed by atoms with E-state index in [4.69, 9.17) is 4.74 Å². The minimum Gasteiger partial charge on any atom is -0.377 e. The maximum Gasteiger partial charge on any atom is 0.242 e. The Morgan fingerprint density at radius 2 is 1.95 bits per heavy atom. The van der Waals surface area contributed by atoms with E-state index in [1.54, 1.807) is 12.3 Å². The second-order valence-electron chi connectivity index (χ2n) is 5.52. The average molecular weight is 317 g/mol. The Labute approximate surface area is 127 Å². The molecule has 0 bridgehead atoms. The third-order valence-electron chi connectivity index (χ3n) is 2.98. The van der Waals surface area contributed by atoms with Gasteiger partial charge in [-0.1, -0.05) is 0 Å². The highest BCUT2D eigenvalue weighted by Gasteiger charge is 2.18. The van der Waals surface area contributed by atoms with E-state index in [2.05, 4.69) is 10.0 Å². The van der Waals surface area contributed by atoms with Gasteiger partial charge in [0.1, 0.15) is 0 Å². The van der Waals surface area contributed by atoms with Gasteiger partial charge in [-0.15, -0.1) is 0 Å². The molecule has 0 radical (unpaired) electrons. The van der Waals surface area contributed by atoms with Crippen LogP contribution in [0.25, 0.3) is 0 Å². The molecule has 21 heavy (non-hydrogen) atoms. The van der Waals surface area contributed by atoms with Gasteiger partial charge in [-0.2, -0.15) is 0 Å². The van der Waals surface area contributed by atoms with Gasteiger partial charge in [0.2, 0.25) is 10.0 Å². The van der Waals surface area contributed by atoms with Crippen molar-refractivity contribution in [2.75, 3.05) is 20.2 Å². The van der Waals surface area contributed by atoms with Gasteiger partial charge >= 0.3 is 0 Å². The van der Waals surface area contributed by atoms with Gasteiger partial charge in [-0.3, -0.25) is 0 Å². The van der Waals surface area contributed by atoms with Crippen LogP contribution in [0.3, 0.4) is 0 Å². The molecule has 1 aromatic heterocycles. The van der Waals surface area contributed by atoms with Crippen molar-refractivity contribution in [3.05, 3.63) is 18.0 Å². The predicted octanol–water partition coefficient (Wildman–Crippen LogP) is 1.49. The van der Waals surface area contributed by atoms with Gasteiger partial charge in [-0.25, -0.2) is 13.1 Å². The summed E-state index contributed by atoms with van der Waals surface area (Å²) in [6.07, 6.45) is 1.78. The molecule has 0 saturated heterocycles. The number of sulfonamides is 1. The Morgan fingerprint density at radius 3 is 2.48 bits per heavy atom. The number of hydrogen-bond donors (Lipinski definition) is 2. The summed E-state index contributed by atoms with van der Waals surface area (Å²) in [6, 6.07) is 1.92. The van der Waals surface area contributed by atoms with Crippen molar-refractivity contribution in [1.29, 1.82) is 0 Å². The van der Waals surface area contributed by atoms with Crippen LogP contribution in [-0.4, -0.2) is 39.3 Å². The molecule has 0 aliphatic rings. The molecule has 1 aromatic rings. The first-order chi connectivity index (χ1) is 9.77. The zero-order valence-electron chi connectivity index (χ0n) is 13.5. The van der Waals surface area contributed by atoms with Crippen molar-refractivity contribution in [1.82, 2.24) is 14.6 Å². The topological polar surface area (TPSA) is 72.4 Å². The van der Waals surface area contributed by atoms with Crippen molar-refractivity contribution in [3.8, 4) is 0 Å². The average Bonchev–Trinajstić information content (AvgIpc) is 2.80. The largest absolute Gasteiger partial charge is 0.377 e. The van der Waals surface area contributed by atoms with Gasteiger partial charge in [0, 0.05) is 31.0 Å². The quantitative estimate of drug-likeness (QED) is 0.677. The molecule has 2 N–H and O–H groups in total. The van der Waals surface area contributed by atoms with E-state index < -0.39 is 10.0 Å². The fourth-order valence-corrected chi connectivity index (χ4v) is 3.06. The summed E-state index contributed by atoms with van der Waals surface area (Å²) in [4.78, 5) is 0.297. The van der Waals surface area contributed by atoms with Crippen LogP contribution in [0.1, 0.15) is 39.4 Å². The van der Waals surface area contributed by atoms with E-state index in [1.807, 2.05) is 39.3 Å². The predicted molar refractivity (Wildman–Crippen MR) is 83.9 cm³/mol. The zero-order chi connectivity index (χ0) is 16.0. The molecule has 0 unspecified atom stereocenters. The minimum atomic E-state index is -3.49. The highest BCUT2D eigenvalue weighted by Crippen LogP contribution is 2.18. The lowest BCUT2D eigenvalue weighted by atomic mass is 10.3. The van der Waals surface area contributed by atoms with Crippen LogP contribution < -0.4 is 10.0 Å². The molecule has 122 valence electrons. The second-order valence-corrected chi connectivity index (χ2v) is 7.28. The first-order valence-corrected chi connectivity index (χ1v) is 8.73. The molecule has 0 fully saturated rings. The Hall–Kier alpha value is -0.890. The van der Waals surface area contributed by atoms with Gasteiger partial charge in [0.05, 0.1) is 17.6 Å². The maximum absolute atomic E-state index is 12.3. The van der Waals surface area contributed by atoms with Crippen LogP contribution in [0.4, 0.5) is 0 Å². The van der Waals surface area contributed by atoms with Crippen molar-refractivity contribution < 1.29 is 13.2 Å². The van der Waals surface area contributed by atoms with Crippen molar-refractivity contribution >= 4 is 10.0 Å². The normalized spacial score (nSPS) is 12.5. The molecule has 0 aliphatic carbocycles. The number of nitrogens with zero attached hydrogens (tertiary/aromatic N) is 1. The summed E-state index contributed by atoms with van der Waals surface area (Å²) < 4.78 is 34.4. The molecule has 7 heteroatoms. The van der Waals surface area contributed by atoms with E-state index >= 15 is 0 Å². The number of rotatable bonds is 9. The Kier molecular flexibility index (Phi) is 6.86. The van der Waals surface area contributed by atoms with Gasteiger partial charge in [0.15, 0.2) is 0 Å². The number of nitrogens with one attached hydrogen (secondary N) is 2. The first-order valence-electron chi connectivity index (χ1n) is 7.24. The van der Waals surface area contributed by atoms with Crippen LogP contribution >= 0.6 is 0 Å². The van der Waals surface area contributed by atoms with E-state index in [9.17, 15) is 8.42 Å². The summed E-state index contributed by atoms with van der Waals surface area (Å²) in [7, 11) is -1.65. The molecule has 0 saturated carbocycles. The molecular formula is C14H27N3O3S. The lowest BCUT2D eigenvalue weighted by Crippen LogP contribution is -2.28.